The first-order valence-corrected chi connectivity index (χ1v) is 20.2. The summed E-state index contributed by atoms with van der Waals surface area (Å²) < 4.78 is 15.4. The number of carbonyl (C=O) groups excluding carboxylic acids is 4. The van der Waals surface area contributed by atoms with E-state index < -0.39 is 47.2 Å². The zero-order valence-electron chi connectivity index (χ0n) is 36.9. The van der Waals surface area contributed by atoms with Gasteiger partial charge in [-0.1, -0.05) is 94.5 Å². The summed E-state index contributed by atoms with van der Waals surface area (Å²) in [7, 11) is 3.11. The van der Waals surface area contributed by atoms with Crippen LogP contribution in [-0.4, -0.2) is 101 Å². The second kappa shape index (κ2) is 24.1. The quantitative estimate of drug-likeness (QED) is 0.0837. The maximum atomic E-state index is 13.9. The van der Waals surface area contributed by atoms with Crippen LogP contribution in [0, 0.1) is 22.7 Å². The SMILES string of the molecule is C=C(/C=C\C=C/C)C(=O)CO.CC.CC(=O)OC1C(=O)[C@]2(C)C(O)CC3OCC3C2CC2(O)CCC(C)=C1C2(C)C.CN[C@H](CC(=O)O)c1ccccc1.COC(C)=O. The summed E-state index contributed by atoms with van der Waals surface area (Å²) in [6, 6.07) is 9.47. The Kier molecular flexibility index (Phi) is 21.5. The van der Waals surface area contributed by atoms with Crippen molar-refractivity contribution in [3.8, 4) is 0 Å². The number of ether oxygens (including phenoxy) is 3. The molecule has 13 nitrogen and oxygen atoms in total. The van der Waals surface area contributed by atoms with Crippen LogP contribution in [0.2, 0.25) is 0 Å². The number of rotatable bonds is 9. The van der Waals surface area contributed by atoms with E-state index in [0.29, 0.717) is 43.4 Å². The second-order valence-electron chi connectivity index (χ2n) is 15.6. The highest BCUT2D eigenvalue weighted by molar-refractivity contribution is 5.98. The second-order valence-corrected chi connectivity index (χ2v) is 15.6. The topological polar surface area (TPSA) is 206 Å². The van der Waals surface area contributed by atoms with Crippen molar-refractivity contribution in [2.75, 3.05) is 27.4 Å². The standard InChI is InChI=1S/C22H32O6.C10H13NO2.C9H12O2.C3H6O2.C2H6/c1-11-6-7-22(26)9-14-13-10-27-15(13)8-16(24)21(14,5)19(25)18(28-12(2)23)17(11)20(22,3)4;1-11-9(7-10(12)13)8-5-3-2-4-6-8;1-3-4-5-6-8(2)9(11)7-10;1-3(4)5-2;1-2/h13-16,18,24,26H,6-10H2,1-5H3;2-6,9,11H,7H2,1H3,(H,12,13);3-6,10H,2,7H2,1H3;1-2H3;1-2H3/b;;4-3-,6-5-;;/t13?,14?,15?,16?,18?,21-,22?;9-;;;/m01.../s1. The van der Waals surface area contributed by atoms with Crippen LogP contribution < -0.4 is 5.32 Å². The number of methoxy groups -OCH3 is 1. The Morgan fingerprint density at radius 1 is 1.07 bits per heavy atom. The van der Waals surface area contributed by atoms with Crippen LogP contribution >= 0.6 is 0 Å². The molecule has 5 rings (SSSR count). The van der Waals surface area contributed by atoms with E-state index in [0.717, 1.165) is 11.1 Å². The summed E-state index contributed by atoms with van der Waals surface area (Å²) in [5.41, 5.74) is 0.196. The molecule has 8 atom stereocenters. The van der Waals surface area contributed by atoms with Gasteiger partial charge in [0, 0.05) is 43.2 Å². The number of nitrogens with one attached hydrogen (secondary N) is 1. The molecule has 5 N–H and O–H groups in total. The number of Topliss-reactive ketones (excluding diaryl/α,β-unsaturated/α-hetero) is 2. The molecule has 1 aromatic rings. The van der Waals surface area contributed by atoms with E-state index in [1.165, 1.54) is 21.0 Å². The number of carboxylic acid groups (broad SMARTS) is 1. The van der Waals surface area contributed by atoms with Crippen molar-refractivity contribution in [2.45, 2.75) is 124 Å². The summed E-state index contributed by atoms with van der Waals surface area (Å²) in [6.45, 7) is 19.7. The van der Waals surface area contributed by atoms with Crippen molar-refractivity contribution in [3.63, 3.8) is 0 Å². The molecule has 59 heavy (non-hydrogen) atoms. The molecule has 2 saturated carbocycles. The monoisotopic (exact) mass is 827 g/mol. The van der Waals surface area contributed by atoms with Gasteiger partial charge in [0.2, 0.25) is 0 Å². The third-order valence-electron chi connectivity index (χ3n) is 11.8. The van der Waals surface area contributed by atoms with Gasteiger partial charge in [-0.15, -0.1) is 0 Å². The minimum atomic E-state index is -1.08. The van der Waals surface area contributed by atoms with Crippen LogP contribution in [0.5, 0.6) is 0 Å². The molecule has 6 unspecified atom stereocenters. The summed E-state index contributed by atoms with van der Waals surface area (Å²) in [5.74, 6) is -2.23. The Morgan fingerprint density at radius 3 is 2.12 bits per heavy atom. The van der Waals surface area contributed by atoms with Crippen molar-refractivity contribution >= 4 is 29.5 Å². The van der Waals surface area contributed by atoms with Crippen molar-refractivity contribution < 1.29 is 58.6 Å². The summed E-state index contributed by atoms with van der Waals surface area (Å²) in [4.78, 5) is 56.6. The largest absolute Gasteiger partial charge is 0.481 e. The van der Waals surface area contributed by atoms with Crippen LogP contribution in [0.1, 0.15) is 106 Å². The molecule has 1 heterocycles. The number of carboxylic acids is 1. The molecule has 330 valence electrons. The van der Waals surface area contributed by atoms with E-state index in [1.807, 2.05) is 78.0 Å². The molecule has 0 aromatic heterocycles. The number of aliphatic carboxylic acids is 1. The molecule has 3 fully saturated rings. The summed E-state index contributed by atoms with van der Waals surface area (Å²) >= 11 is 0. The Bertz CT molecular complexity index is 1680. The van der Waals surface area contributed by atoms with Crippen molar-refractivity contribution in [1.82, 2.24) is 5.32 Å². The summed E-state index contributed by atoms with van der Waals surface area (Å²) in [5, 5.41) is 42.9. The van der Waals surface area contributed by atoms with Gasteiger partial charge in [-0.2, -0.15) is 0 Å². The number of hydrogen-bond acceptors (Lipinski definition) is 12. The number of hydrogen-bond donors (Lipinski definition) is 5. The zero-order chi connectivity index (χ0) is 45.3. The van der Waals surface area contributed by atoms with E-state index in [2.05, 4.69) is 16.6 Å². The maximum Gasteiger partial charge on any atom is 0.305 e. The van der Waals surface area contributed by atoms with E-state index in [4.69, 9.17) is 19.7 Å². The number of ketones is 2. The highest BCUT2D eigenvalue weighted by atomic mass is 16.5. The van der Waals surface area contributed by atoms with Gasteiger partial charge in [0.25, 0.3) is 0 Å². The van der Waals surface area contributed by atoms with Crippen molar-refractivity contribution in [3.05, 3.63) is 83.5 Å². The number of aliphatic hydroxyl groups excluding tert-OH is 2. The number of fused-ring (bicyclic) bond motifs is 5. The average Bonchev–Trinajstić information content (AvgIpc) is 3.19. The Balaban J connectivity index is 0.000000467. The predicted octanol–water partition coefficient (Wildman–Crippen LogP) is 6.02. The van der Waals surface area contributed by atoms with E-state index in [-0.39, 0.29) is 47.9 Å². The fraction of sp³-hybridized carbons (Fsp3) is 0.587. The lowest BCUT2D eigenvalue weighted by atomic mass is 9.47. The van der Waals surface area contributed by atoms with Gasteiger partial charge in [-0.3, -0.25) is 24.0 Å². The molecule has 0 amide bonds. The minimum absolute atomic E-state index is 0.0699. The predicted molar refractivity (Wildman–Crippen MR) is 226 cm³/mol. The number of allylic oxidation sites excluding steroid dienone is 5. The first-order chi connectivity index (χ1) is 27.7. The van der Waals surface area contributed by atoms with E-state index in [9.17, 15) is 34.2 Å². The van der Waals surface area contributed by atoms with Crippen LogP contribution in [-0.2, 0) is 38.2 Å². The van der Waals surface area contributed by atoms with Gasteiger partial charge >= 0.3 is 17.9 Å². The molecule has 4 aliphatic rings. The lowest BCUT2D eigenvalue weighted by Crippen LogP contribution is -2.68. The van der Waals surface area contributed by atoms with Crippen LogP contribution in [0.4, 0.5) is 0 Å². The molecule has 0 radical (unpaired) electrons. The first-order valence-electron chi connectivity index (χ1n) is 20.2. The van der Waals surface area contributed by atoms with Crippen LogP contribution in [0.25, 0.3) is 0 Å². The number of carbonyl (C=O) groups is 5. The first kappa shape index (κ1) is 52.7. The Hall–Kier alpha value is -4.27. The highest BCUT2D eigenvalue weighted by Crippen LogP contribution is 2.61. The molecule has 1 aliphatic heterocycles. The Morgan fingerprint density at radius 2 is 1.66 bits per heavy atom. The molecule has 0 spiro atoms. The van der Waals surface area contributed by atoms with Crippen molar-refractivity contribution in [2.24, 2.45) is 22.7 Å². The van der Waals surface area contributed by atoms with Gasteiger partial charge in [-0.05, 0) is 64.1 Å². The van der Waals surface area contributed by atoms with E-state index >= 15 is 0 Å². The van der Waals surface area contributed by atoms with E-state index in [1.54, 1.807) is 32.2 Å². The smallest absolute Gasteiger partial charge is 0.305 e. The third kappa shape index (κ3) is 13.4. The van der Waals surface area contributed by atoms with Crippen molar-refractivity contribution in [1.29, 1.82) is 0 Å². The minimum Gasteiger partial charge on any atom is -0.481 e. The zero-order valence-corrected chi connectivity index (χ0v) is 36.9. The van der Waals surface area contributed by atoms with Crippen LogP contribution in [0.15, 0.2) is 77.9 Å². The number of esters is 2. The fourth-order valence-corrected chi connectivity index (χ4v) is 8.14. The fourth-order valence-electron chi connectivity index (χ4n) is 8.14. The highest BCUT2D eigenvalue weighted by Gasteiger charge is 2.66. The third-order valence-corrected chi connectivity index (χ3v) is 11.8. The van der Waals surface area contributed by atoms with Gasteiger partial charge in [0.05, 0.1) is 43.4 Å². The molecule has 1 aromatic carbocycles. The number of benzene rings is 1. The average molecular weight is 828 g/mol. The molecule has 2 bridgehead atoms. The Labute approximate surface area is 350 Å². The maximum absolute atomic E-state index is 13.9. The normalized spacial score (nSPS) is 27.9. The molecule has 13 heteroatoms. The lowest BCUT2D eigenvalue weighted by molar-refractivity contribution is -0.242. The molecule has 1 saturated heterocycles. The van der Waals surface area contributed by atoms with Crippen LogP contribution in [0.3, 0.4) is 0 Å². The van der Waals surface area contributed by atoms with Gasteiger partial charge in [0.1, 0.15) is 6.61 Å². The van der Waals surface area contributed by atoms with Gasteiger partial charge < -0.3 is 40.0 Å². The van der Waals surface area contributed by atoms with Gasteiger partial charge in [-0.25, -0.2) is 0 Å². The molecular formula is C46H69NO12. The molecule has 3 aliphatic carbocycles. The number of aliphatic hydroxyl groups is 3. The van der Waals surface area contributed by atoms with Gasteiger partial charge in [0.15, 0.2) is 17.7 Å². The lowest BCUT2D eigenvalue weighted by Gasteiger charge is -2.62. The molecular weight excluding hydrogens is 759 g/mol. The summed E-state index contributed by atoms with van der Waals surface area (Å²) in [6.07, 6.45) is 7.07.